The van der Waals surface area contributed by atoms with Crippen molar-refractivity contribution in [2.45, 2.75) is 45.7 Å². The van der Waals surface area contributed by atoms with Gasteiger partial charge in [0.2, 0.25) is 5.60 Å². The van der Waals surface area contributed by atoms with Crippen LogP contribution >= 0.6 is 0 Å². The maximum atomic E-state index is 12.4. The molecule has 0 radical (unpaired) electrons. The summed E-state index contributed by atoms with van der Waals surface area (Å²) in [6.45, 7) is 11.9. The van der Waals surface area contributed by atoms with Crippen LogP contribution in [0.2, 0.25) is 0 Å². The second-order valence-electron chi connectivity index (χ2n) is 7.10. The summed E-state index contributed by atoms with van der Waals surface area (Å²) in [6, 6.07) is 0. The molecule has 0 bridgehead atoms. The SMILES string of the molecule is C=C(C)C(=O)OC(OC(=O)C(=C)C)C(OC(=O)C(=C)C)(C(C)O)C(CO)(CO)CO. The van der Waals surface area contributed by atoms with Gasteiger partial charge in [-0.25, -0.2) is 14.4 Å². The molecule has 0 aliphatic carbocycles. The molecule has 0 saturated heterocycles. The Bertz CT molecular complexity index is 668. The molecule has 4 N–H and O–H groups in total. The molecule has 0 aromatic rings. The van der Waals surface area contributed by atoms with E-state index in [1.807, 2.05) is 0 Å². The smallest absolute Gasteiger partial charge is 0.336 e. The topological polar surface area (TPSA) is 160 Å². The van der Waals surface area contributed by atoms with Crippen LogP contribution in [-0.4, -0.2) is 76.1 Å². The van der Waals surface area contributed by atoms with Gasteiger partial charge in [0.05, 0.1) is 31.3 Å². The monoisotopic (exact) mass is 430 g/mol. The highest BCUT2D eigenvalue weighted by molar-refractivity contribution is 5.89. The van der Waals surface area contributed by atoms with Crippen LogP contribution < -0.4 is 0 Å². The minimum Gasteiger partial charge on any atom is -0.444 e. The summed E-state index contributed by atoms with van der Waals surface area (Å²) >= 11 is 0. The van der Waals surface area contributed by atoms with Gasteiger partial charge in [-0.3, -0.25) is 0 Å². The molecule has 0 aliphatic rings. The lowest BCUT2D eigenvalue weighted by Gasteiger charge is -2.50. The molecule has 170 valence electrons. The van der Waals surface area contributed by atoms with E-state index in [1.165, 1.54) is 20.8 Å². The Labute approximate surface area is 175 Å². The van der Waals surface area contributed by atoms with Gasteiger partial charge in [-0.1, -0.05) is 19.7 Å². The Morgan fingerprint density at radius 1 is 0.800 bits per heavy atom. The minimum atomic E-state index is -2.66. The van der Waals surface area contributed by atoms with Crippen molar-refractivity contribution in [1.29, 1.82) is 0 Å². The van der Waals surface area contributed by atoms with Crippen LogP contribution in [0.25, 0.3) is 0 Å². The Hall–Kier alpha value is -2.53. The number of hydrogen-bond donors (Lipinski definition) is 4. The fourth-order valence-corrected chi connectivity index (χ4v) is 2.49. The van der Waals surface area contributed by atoms with E-state index in [4.69, 9.17) is 14.2 Å². The summed E-state index contributed by atoms with van der Waals surface area (Å²) in [5.41, 5.74) is -5.34. The number of esters is 3. The number of carbonyl (C=O) groups excluding carboxylic acids is 3. The van der Waals surface area contributed by atoms with Gasteiger partial charge in [-0.15, -0.1) is 0 Å². The molecular weight excluding hydrogens is 400 g/mol. The molecule has 0 spiro atoms. The van der Waals surface area contributed by atoms with Crippen LogP contribution in [0.15, 0.2) is 36.5 Å². The van der Waals surface area contributed by atoms with Crippen molar-refractivity contribution < 1.29 is 49.0 Å². The van der Waals surface area contributed by atoms with Gasteiger partial charge in [-0.2, -0.15) is 0 Å². The quantitative estimate of drug-likeness (QED) is 0.185. The molecule has 10 heteroatoms. The summed E-state index contributed by atoms with van der Waals surface area (Å²) in [5.74, 6) is -3.35. The van der Waals surface area contributed by atoms with E-state index in [2.05, 4.69) is 19.7 Å². The number of aliphatic hydroxyl groups is 4. The van der Waals surface area contributed by atoms with E-state index in [0.717, 1.165) is 6.92 Å². The molecule has 0 aromatic carbocycles. The maximum absolute atomic E-state index is 12.4. The standard InChI is InChI=1S/C20H30O10/c1-11(2)15(25)28-18(29-16(26)12(3)4)20(14(7)24,30-17(27)13(5)6)19(8-21,9-22)10-23/h14,18,21-24H,1,3,5,8-10H2,2,4,6-7H3. The van der Waals surface area contributed by atoms with Crippen LogP contribution in [0, 0.1) is 5.41 Å². The third kappa shape index (κ3) is 5.54. The van der Waals surface area contributed by atoms with Crippen molar-refractivity contribution in [1.82, 2.24) is 0 Å². The van der Waals surface area contributed by atoms with Crippen LogP contribution in [0.4, 0.5) is 0 Å². The molecule has 0 aliphatic heterocycles. The predicted molar refractivity (Wildman–Crippen MR) is 105 cm³/mol. The highest BCUT2D eigenvalue weighted by Crippen LogP contribution is 2.43. The Morgan fingerprint density at radius 2 is 1.13 bits per heavy atom. The van der Waals surface area contributed by atoms with Crippen LogP contribution in [0.3, 0.4) is 0 Å². The van der Waals surface area contributed by atoms with E-state index < -0.39 is 61.1 Å². The Morgan fingerprint density at radius 3 is 1.37 bits per heavy atom. The van der Waals surface area contributed by atoms with Crippen LogP contribution in [0.1, 0.15) is 27.7 Å². The number of carbonyl (C=O) groups is 3. The summed E-state index contributed by atoms with van der Waals surface area (Å²) in [4.78, 5) is 36.9. The first-order chi connectivity index (χ1) is 13.8. The zero-order valence-electron chi connectivity index (χ0n) is 17.6. The molecule has 10 nitrogen and oxygen atoms in total. The van der Waals surface area contributed by atoms with Crippen molar-refractivity contribution in [2.24, 2.45) is 5.41 Å². The van der Waals surface area contributed by atoms with Crippen molar-refractivity contribution >= 4 is 17.9 Å². The molecular formula is C20H30O10. The van der Waals surface area contributed by atoms with Gasteiger partial charge in [0.25, 0.3) is 6.29 Å². The van der Waals surface area contributed by atoms with Gasteiger partial charge in [0.1, 0.15) is 0 Å². The second kappa shape index (κ2) is 11.0. The van der Waals surface area contributed by atoms with E-state index in [1.54, 1.807) is 0 Å². The van der Waals surface area contributed by atoms with Gasteiger partial charge < -0.3 is 34.6 Å². The summed E-state index contributed by atoms with van der Waals surface area (Å²) in [5, 5.41) is 40.6. The number of rotatable bonds is 12. The molecule has 0 saturated carbocycles. The fraction of sp³-hybridized carbons (Fsp3) is 0.550. The first-order valence-electron chi connectivity index (χ1n) is 8.88. The number of hydrogen-bond acceptors (Lipinski definition) is 10. The van der Waals surface area contributed by atoms with E-state index >= 15 is 0 Å². The van der Waals surface area contributed by atoms with Gasteiger partial charge in [0.15, 0.2) is 0 Å². The van der Waals surface area contributed by atoms with E-state index in [-0.39, 0.29) is 16.7 Å². The molecule has 30 heavy (non-hydrogen) atoms. The Kier molecular flexibility index (Phi) is 10.1. The first kappa shape index (κ1) is 27.5. The second-order valence-corrected chi connectivity index (χ2v) is 7.10. The number of aliphatic hydroxyl groups excluding tert-OH is 4. The maximum Gasteiger partial charge on any atom is 0.336 e. The third-order valence-electron chi connectivity index (χ3n) is 4.44. The molecule has 0 rings (SSSR count). The normalized spacial score (nSPS) is 14.3. The summed E-state index contributed by atoms with van der Waals surface area (Å²) in [7, 11) is 0. The third-order valence-corrected chi connectivity index (χ3v) is 4.44. The summed E-state index contributed by atoms with van der Waals surface area (Å²) in [6.07, 6.45) is -4.08. The van der Waals surface area contributed by atoms with Crippen molar-refractivity contribution in [3.8, 4) is 0 Å². The van der Waals surface area contributed by atoms with E-state index in [0.29, 0.717) is 0 Å². The van der Waals surface area contributed by atoms with Gasteiger partial charge in [0, 0.05) is 16.7 Å². The van der Waals surface area contributed by atoms with E-state index in [9.17, 15) is 34.8 Å². The Balaban J connectivity index is 7.03. The van der Waals surface area contributed by atoms with Crippen molar-refractivity contribution in [3.63, 3.8) is 0 Å². The largest absolute Gasteiger partial charge is 0.444 e. The average molecular weight is 430 g/mol. The van der Waals surface area contributed by atoms with Crippen LogP contribution in [0.5, 0.6) is 0 Å². The highest BCUT2D eigenvalue weighted by atomic mass is 16.7. The fourth-order valence-electron chi connectivity index (χ4n) is 2.49. The average Bonchev–Trinajstić information content (AvgIpc) is 2.67. The molecule has 0 fully saturated rings. The highest BCUT2D eigenvalue weighted by Gasteiger charge is 2.65. The molecule has 2 unspecified atom stereocenters. The minimum absolute atomic E-state index is 0.139. The lowest BCUT2D eigenvalue weighted by molar-refractivity contribution is -0.304. The van der Waals surface area contributed by atoms with Crippen LogP contribution in [-0.2, 0) is 28.6 Å². The number of ether oxygens (including phenoxy) is 3. The summed E-state index contributed by atoms with van der Waals surface area (Å²) < 4.78 is 15.6. The molecule has 0 aromatic heterocycles. The van der Waals surface area contributed by atoms with Crippen molar-refractivity contribution in [2.75, 3.05) is 19.8 Å². The first-order valence-corrected chi connectivity index (χ1v) is 8.88. The zero-order chi connectivity index (χ0) is 23.9. The van der Waals surface area contributed by atoms with Crippen molar-refractivity contribution in [3.05, 3.63) is 36.5 Å². The molecule has 0 heterocycles. The van der Waals surface area contributed by atoms with Gasteiger partial charge in [-0.05, 0) is 27.7 Å². The van der Waals surface area contributed by atoms with Gasteiger partial charge >= 0.3 is 17.9 Å². The lowest BCUT2D eigenvalue weighted by atomic mass is 9.69. The zero-order valence-corrected chi connectivity index (χ0v) is 17.6. The lowest BCUT2D eigenvalue weighted by Crippen LogP contribution is -2.70. The predicted octanol–water partition coefficient (Wildman–Crippen LogP) is -0.247. The molecule has 0 amide bonds. The molecule has 2 atom stereocenters.